The first-order chi connectivity index (χ1) is 7.81. The lowest BCUT2D eigenvalue weighted by molar-refractivity contribution is 0.123. The maximum Gasteiger partial charge on any atom is 0.0642 e. The van der Waals surface area contributed by atoms with Crippen molar-refractivity contribution < 1.29 is 4.74 Å². The van der Waals surface area contributed by atoms with Gasteiger partial charge < -0.3 is 9.64 Å². The van der Waals surface area contributed by atoms with Crippen molar-refractivity contribution in [1.82, 2.24) is 0 Å². The van der Waals surface area contributed by atoms with E-state index in [1.54, 1.807) is 12.1 Å². The quantitative estimate of drug-likeness (QED) is 0.451. The molecule has 1 aliphatic heterocycles. The number of ether oxygens (including phenoxy) is 1. The molecule has 0 radical (unpaired) electrons. The molecule has 1 fully saturated rings. The maximum atomic E-state index is 8.51. The highest BCUT2D eigenvalue weighted by atomic mass is 35.5. The fraction of sp³-hybridized carbons (Fsp3) is 0.400. The van der Waals surface area contributed by atoms with E-state index in [-0.39, 0.29) is 0 Å². The molecule has 6 heteroatoms. The zero-order valence-corrected chi connectivity index (χ0v) is 9.39. The molecule has 2 rings (SSSR count). The standard InChI is InChI=1S/C10H11ClN4O/c11-8-1-2-10(9(7-8)13-14-12)15-3-5-16-6-4-15/h1-2,7H,3-6H2. The van der Waals surface area contributed by atoms with E-state index in [1.807, 2.05) is 6.07 Å². The Morgan fingerprint density at radius 3 is 2.81 bits per heavy atom. The number of nitrogens with zero attached hydrogens (tertiary/aromatic N) is 4. The van der Waals surface area contributed by atoms with Crippen LogP contribution in [0.1, 0.15) is 0 Å². The Morgan fingerprint density at radius 1 is 1.38 bits per heavy atom. The molecule has 0 N–H and O–H groups in total. The van der Waals surface area contributed by atoms with Crippen molar-refractivity contribution in [3.63, 3.8) is 0 Å². The van der Waals surface area contributed by atoms with Crippen molar-refractivity contribution in [2.24, 2.45) is 5.11 Å². The molecule has 5 nitrogen and oxygen atoms in total. The highest BCUT2D eigenvalue weighted by Crippen LogP contribution is 2.32. The van der Waals surface area contributed by atoms with Crippen LogP contribution in [0.2, 0.25) is 5.02 Å². The van der Waals surface area contributed by atoms with E-state index >= 15 is 0 Å². The number of hydrogen-bond donors (Lipinski definition) is 0. The molecule has 0 aliphatic carbocycles. The lowest BCUT2D eigenvalue weighted by Gasteiger charge is -2.29. The molecule has 16 heavy (non-hydrogen) atoms. The minimum absolute atomic E-state index is 0.567. The summed E-state index contributed by atoms with van der Waals surface area (Å²) in [6.45, 7) is 2.99. The molecular weight excluding hydrogens is 228 g/mol. The summed E-state index contributed by atoms with van der Waals surface area (Å²) in [6, 6.07) is 5.34. The SMILES string of the molecule is [N-]=[N+]=Nc1cc(Cl)ccc1N1CCOCC1. The Morgan fingerprint density at radius 2 is 2.12 bits per heavy atom. The van der Waals surface area contributed by atoms with Gasteiger partial charge in [-0.25, -0.2) is 0 Å². The van der Waals surface area contributed by atoms with Crippen LogP contribution in [0.3, 0.4) is 0 Å². The third kappa shape index (κ3) is 2.39. The summed E-state index contributed by atoms with van der Waals surface area (Å²) < 4.78 is 5.27. The van der Waals surface area contributed by atoms with Crippen molar-refractivity contribution in [2.45, 2.75) is 0 Å². The summed E-state index contributed by atoms with van der Waals surface area (Å²) in [7, 11) is 0. The van der Waals surface area contributed by atoms with Gasteiger partial charge in [-0.05, 0) is 23.7 Å². The van der Waals surface area contributed by atoms with Gasteiger partial charge >= 0.3 is 0 Å². The lowest BCUT2D eigenvalue weighted by atomic mass is 10.2. The lowest BCUT2D eigenvalue weighted by Crippen LogP contribution is -2.36. The van der Waals surface area contributed by atoms with Gasteiger partial charge in [0.2, 0.25) is 0 Å². The van der Waals surface area contributed by atoms with Gasteiger partial charge in [-0.1, -0.05) is 16.7 Å². The van der Waals surface area contributed by atoms with Crippen LogP contribution in [0.5, 0.6) is 0 Å². The molecule has 0 unspecified atom stereocenters. The van der Waals surface area contributed by atoms with E-state index in [9.17, 15) is 0 Å². The summed E-state index contributed by atoms with van der Waals surface area (Å²) in [5.41, 5.74) is 9.98. The number of azide groups is 1. The van der Waals surface area contributed by atoms with Crippen LogP contribution in [0, 0.1) is 0 Å². The van der Waals surface area contributed by atoms with Crippen molar-refractivity contribution in [1.29, 1.82) is 0 Å². The number of benzene rings is 1. The molecule has 1 aromatic rings. The molecule has 0 amide bonds. The number of hydrogen-bond acceptors (Lipinski definition) is 3. The zero-order chi connectivity index (χ0) is 11.4. The van der Waals surface area contributed by atoms with E-state index in [2.05, 4.69) is 14.9 Å². The second kappa shape index (κ2) is 5.07. The number of halogens is 1. The Bertz CT molecular complexity index is 425. The summed E-state index contributed by atoms with van der Waals surface area (Å²) in [6.07, 6.45) is 0. The van der Waals surface area contributed by atoms with Crippen molar-refractivity contribution in [2.75, 3.05) is 31.2 Å². The largest absolute Gasteiger partial charge is 0.378 e. The third-order valence-electron chi connectivity index (χ3n) is 2.44. The molecule has 1 saturated heterocycles. The molecule has 0 saturated carbocycles. The summed E-state index contributed by atoms with van der Waals surface area (Å²) in [4.78, 5) is 4.94. The van der Waals surface area contributed by atoms with Gasteiger partial charge in [0.15, 0.2) is 0 Å². The predicted octanol–water partition coefficient (Wildman–Crippen LogP) is 3.12. The van der Waals surface area contributed by atoms with Crippen molar-refractivity contribution >= 4 is 23.0 Å². The summed E-state index contributed by atoms with van der Waals surface area (Å²) in [5.74, 6) is 0. The molecule has 1 aliphatic rings. The molecule has 0 spiro atoms. The first-order valence-corrected chi connectivity index (χ1v) is 5.36. The van der Waals surface area contributed by atoms with Crippen LogP contribution in [-0.4, -0.2) is 26.3 Å². The van der Waals surface area contributed by atoms with Gasteiger partial charge in [0.05, 0.1) is 18.9 Å². The minimum atomic E-state index is 0.567. The van der Waals surface area contributed by atoms with Gasteiger partial charge in [0, 0.05) is 28.7 Å². The minimum Gasteiger partial charge on any atom is -0.378 e. The number of morpholine rings is 1. The second-order valence-corrected chi connectivity index (χ2v) is 3.86. The van der Waals surface area contributed by atoms with Crippen LogP contribution < -0.4 is 4.90 Å². The highest BCUT2D eigenvalue weighted by Gasteiger charge is 2.14. The maximum absolute atomic E-state index is 8.51. The van der Waals surface area contributed by atoms with Gasteiger partial charge in [-0.2, -0.15) is 0 Å². The first-order valence-electron chi connectivity index (χ1n) is 4.98. The van der Waals surface area contributed by atoms with E-state index in [0.717, 1.165) is 18.8 Å². The third-order valence-corrected chi connectivity index (χ3v) is 2.68. The van der Waals surface area contributed by atoms with Crippen LogP contribution in [0.25, 0.3) is 10.4 Å². The first kappa shape index (κ1) is 11.1. The Hall–Kier alpha value is -1.42. The van der Waals surface area contributed by atoms with E-state index in [4.69, 9.17) is 21.9 Å². The molecule has 0 atom stereocenters. The van der Waals surface area contributed by atoms with Gasteiger partial charge in [0.25, 0.3) is 0 Å². The van der Waals surface area contributed by atoms with E-state index in [1.165, 1.54) is 0 Å². The Kier molecular flexibility index (Phi) is 3.51. The van der Waals surface area contributed by atoms with Crippen LogP contribution >= 0.6 is 11.6 Å². The zero-order valence-electron chi connectivity index (χ0n) is 8.64. The molecule has 0 aromatic heterocycles. The number of rotatable bonds is 2. The fourth-order valence-electron chi connectivity index (χ4n) is 1.70. The van der Waals surface area contributed by atoms with Crippen molar-refractivity contribution in [3.8, 4) is 0 Å². The van der Waals surface area contributed by atoms with Crippen LogP contribution in [-0.2, 0) is 4.74 Å². The fourth-order valence-corrected chi connectivity index (χ4v) is 1.86. The summed E-state index contributed by atoms with van der Waals surface area (Å²) in [5, 5.41) is 4.23. The van der Waals surface area contributed by atoms with Crippen molar-refractivity contribution in [3.05, 3.63) is 33.7 Å². The summed E-state index contributed by atoms with van der Waals surface area (Å²) >= 11 is 5.86. The average molecular weight is 239 g/mol. The smallest absolute Gasteiger partial charge is 0.0642 e. The molecule has 84 valence electrons. The van der Waals surface area contributed by atoms with E-state index < -0.39 is 0 Å². The monoisotopic (exact) mass is 238 g/mol. The van der Waals surface area contributed by atoms with E-state index in [0.29, 0.717) is 23.9 Å². The van der Waals surface area contributed by atoms with Crippen LogP contribution in [0.4, 0.5) is 11.4 Å². The molecule has 1 aromatic carbocycles. The highest BCUT2D eigenvalue weighted by molar-refractivity contribution is 6.31. The molecular formula is C10H11ClN4O. The Balaban J connectivity index is 2.34. The topological polar surface area (TPSA) is 61.2 Å². The molecule has 0 bridgehead atoms. The van der Waals surface area contributed by atoms with Gasteiger partial charge in [-0.3, -0.25) is 0 Å². The average Bonchev–Trinajstić information content (AvgIpc) is 2.31. The predicted molar refractivity (Wildman–Crippen MR) is 63.3 cm³/mol. The normalized spacial score (nSPS) is 15.7. The van der Waals surface area contributed by atoms with Gasteiger partial charge in [-0.15, -0.1) is 0 Å². The van der Waals surface area contributed by atoms with Crippen LogP contribution in [0.15, 0.2) is 23.3 Å². The second-order valence-electron chi connectivity index (χ2n) is 3.42. The number of anilines is 1. The Labute approximate surface area is 98.2 Å². The molecule has 1 heterocycles. The van der Waals surface area contributed by atoms with Gasteiger partial charge in [0.1, 0.15) is 0 Å².